The number of benzene rings is 2. The van der Waals surface area contributed by atoms with Crippen molar-refractivity contribution >= 4 is 22.2 Å². The van der Waals surface area contributed by atoms with Crippen molar-refractivity contribution in [2.24, 2.45) is 5.92 Å². The van der Waals surface area contributed by atoms with Crippen molar-refractivity contribution in [3.8, 4) is 16.5 Å². The van der Waals surface area contributed by atoms with Crippen LogP contribution in [0.25, 0.3) is 10.4 Å². The first-order chi connectivity index (χ1) is 12.7. The average Bonchev–Trinajstić information content (AvgIpc) is 3.36. The second kappa shape index (κ2) is 6.74. The number of amides is 1. The molecule has 0 bridgehead atoms. The van der Waals surface area contributed by atoms with Crippen LogP contribution >= 0.6 is 11.3 Å². The maximum atomic E-state index is 13.9. The van der Waals surface area contributed by atoms with Crippen molar-refractivity contribution < 1.29 is 9.18 Å². The normalized spacial score (nSPS) is 18.2. The van der Waals surface area contributed by atoms with Gasteiger partial charge in [0.1, 0.15) is 16.9 Å². The van der Waals surface area contributed by atoms with Gasteiger partial charge in [-0.05, 0) is 35.6 Å². The standard InChI is InChI=1S/C21H15FN2OS/c22-18-9-5-4-8-15(18)16-11-17(16)20(25)24-21-14(12-23)10-19(26-21)13-6-2-1-3-7-13/h1-10,16-17H,11H2,(H,24,25)/t16-,17-/m0/s1. The van der Waals surface area contributed by atoms with E-state index in [-0.39, 0.29) is 23.6 Å². The summed E-state index contributed by atoms with van der Waals surface area (Å²) < 4.78 is 13.9. The fourth-order valence-corrected chi connectivity index (χ4v) is 4.14. The molecule has 1 heterocycles. The van der Waals surface area contributed by atoms with Gasteiger partial charge in [0.15, 0.2) is 0 Å². The van der Waals surface area contributed by atoms with Crippen molar-refractivity contribution in [1.29, 1.82) is 5.26 Å². The minimum atomic E-state index is -0.270. The number of carbonyl (C=O) groups is 1. The summed E-state index contributed by atoms with van der Waals surface area (Å²) in [5, 5.41) is 12.8. The van der Waals surface area contributed by atoms with Crippen LogP contribution in [-0.2, 0) is 4.79 Å². The van der Waals surface area contributed by atoms with E-state index in [9.17, 15) is 14.4 Å². The summed E-state index contributed by atoms with van der Waals surface area (Å²) in [6.07, 6.45) is 0.631. The third-order valence-corrected chi connectivity index (χ3v) is 5.68. The monoisotopic (exact) mass is 362 g/mol. The molecule has 1 N–H and O–H groups in total. The van der Waals surface area contributed by atoms with Gasteiger partial charge in [0.25, 0.3) is 0 Å². The molecule has 26 heavy (non-hydrogen) atoms. The van der Waals surface area contributed by atoms with Gasteiger partial charge in [-0.25, -0.2) is 4.39 Å². The van der Waals surface area contributed by atoms with Gasteiger partial charge in [0.05, 0.1) is 5.56 Å². The number of hydrogen-bond acceptors (Lipinski definition) is 3. The second-order valence-electron chi connectivity index (χ2n) is 6.29. The van der Waals surface area contributed by atoms with Crippen LogP contribution < -0.4 is 5.32 Å². The summed E-state index contributed by atoms with van der Waals surface area (Å²) in [7, 11) is 0. The molecule has 0 radical (unpaired) electrons. The molecule has 128 valence electrons. The zero-order chi connectivity index (χ0) is 18.1. The molecule has 0 aliphatic heterocycles. The van der Waals surface area contributed by atoms with Gasteiger partial charge in [0.2, 0.25) is 5.91 Å². The van der Waals surface area contributed by atoms with E-state index in [0.29, 0.717) is 22.5 Å². The van der Waals surface area contributed by atoms with E-state index < -0.39 is 0 Å². The molecule has 3 nitrogen and oxygen atoms in total. The molecular weight excluding hydrogens is 347 g/mol. The van der Waals surface area contributed by atoms with E-state index in [0.717, 1.165) is 10.4 Å². The molecule has 4 rings (SSSR count). The lowest BCUT2D eigenvalue weighted by molar-refractivity contribution is -0.117. The van der Waals surface area contributed by atoms with Gasteiger partial charge in [-0.1, -0.05) is 48.5 Å². The Balaban J connectivity index is 1.51. The molecule has 2 aromatic carbocycles. The number of rotatable bonds is 4. The van der Waals surface area contributed by atoms with Crippen molar-refractivity contribution in [2.45, 2.75) is 12.3 Å². The molecule has 5 heteroatoms. The summed E-state index contributed by atoms with van der Waals surface area (Å²) in [6, 6.07) is 20.2. The predicted octanol–water partition coefficient (Wildman–Crippen LogP) is 5.17. The molecule has 3 aromatic rings. The van der Waals surface area contributed by atoms with Gasteiger partial charge in [-0.2, -0.15) is 5.26 Å². The zero-order valence-electron chi connectivity index (χ0n) is 13.8. The first-order valence-corrected chi connectivity index (χ1v) is 9.13. The first kappa shape index (κ1) is 16.5. The Morgan fingerprint density at radius 2 is 1.88 bits per heavy atom. The van der Waals surface area contributed by atoms with Crippen molar-refractivity contribution in [3.05, 3.63) is 77.6 Å². The predicted molar refractivity (Wildman–Crippen MR) is 100 cm³/mol. The zero-order valence-corrected chi connectivity index (χ0v) is 14.6. The highest BCUT2D eigenvalue weighted by Gasteiger charge is 2.45. The third-order valence-electron chi connectivity index (χ3n) is 4.58. The van der Waals surface area contributed by atoms with Crippen molar-refractivity contribution in [3.63, 3.8) is 0 Å². The third kappa shape index (κ3) is 3.12. The van der Waals surface area contributed by atoms with Crippen LogP contribution in [0.4, 0.5) is 9.39 Å². The molecular formula is C21H15FN2OS. The fraction of sp³-hybridized carbons (Fsp3) is 0.143. The van der Waals surface area contributed by atoms with E-state index in [2.05, 4.69) is 11.4 Å². The van der Waals surface area contributed by atoms with E-state index in [1.165, 1.54) is 17.4 Å². The SMILES string of the molecule is N#Cc1cc(-c2ccccc2)sc1NC(=O)[C@H]1C[C@H]1c1ccccc1F. The minimum Gasteiger partial charge on any atom is -0.316 e. The number of nitrogens with one attached hydrogen (secondary N) is 1. The maximum absolute atomic E-state index is 13.9. The molecule has 0 spiro atoms. The van der Waals surface area contributed by atoms with E-state index >= 15 is 0 Å². The smallest absolute Gasteiger partial charge is 0.228 e. The average molecular weight is 362 g/mol. The number of anilines is 1. The Bertz CT molecular complexity index is 1010. The van der Waals surface area contributed by atoms with Crippen LogP contribution in [-0.4, -0.2) is 5.91 Å². The Hall–Kier alpha value is -2.97. The molecule has 1 aromatic heterocycles. The second-order valence-corrected chi connectivity index (χ2v) is 7.34. The summed E-state index contributed by atoms with van der Waals surface area (Å²) >= 11 is 1.38. The molecule has 1 fully saturated rings. The highest BCUT2D eigenvalue weighted by atomic mass is 32.1. The number of nitriles is 1. The van der Waals surface area contributed by atoms with Crippen LogP contribution in [0.3, 0.4) is 0 Å². The summed E-state index contributed by atoms with van der Waals surface area (Å²) in [6.45, 7) is 0. The van der Waals surface area contributed by atoms with Crippen molar-refractivity contribution in [2.75, 3.05) is 5.32 Å². The molecule has 1 amide bonds. The van der Waals surface area contributed by atoms with Crippen LogP contribution in [0.15, 0.2) is 60.7 Å². The van der Waals surface area contributed by atoms with E-state index in [4.69, 9.17) is 0 Å². The Labute approximate surface area is 154 Å². The lowest BCUT2D eigenvalue weighted by Crippen LogP contribution is -2.14. The lowest BCUT2D eigenvalue weighted by Gasteiger charge is -2.04. The van der Waals surface area contributed by atoms with Gasteiger partial charge < -0.3 is 5.32 Å². The molecule has 0 saturated heterocycles. The molecule has 2 atom stereocenters. The van der Waals surface area contributed by atoms with Gasteiger partial charge >= 0.3 is 0 Å². The lowest BCUT2D eigenvalue weighted by atomic mass is 10.1. The summed E-state index contributed by atoms with van der Waals surface area (Å²) in [4.78, 5) is 13.5. The van der Waals surface area contributed by atoms with Crippen LogP contribution in [0.5, 0.6) is 0 Å². The quantitative estimate of drug-likeness (QED) is 0.696. The number of hydrogen-bond donors (Lipinski definition) is 1. The van der Waals surface area contributed by atoms with Crippen LogP contribution in [0.1, 0.15) is 23.5 Å². The van der Waals surface area contributed by atoms with Gasteiger partial charge in [-0.15, -0.1) is 11.3 Å². The first-order valence-electron chi connectivity index (χ1n) is 8.32. The Kier molecular flexibility index (Phi) is 4.27. The maximum Gasteiger partial charge on any atom is 0.228 e. The minimum absolute atomic E-state index is 0.0877. The number of nitrogens with zero attached hydrogens (tertiary/aromatic N) is 1. The number of halogens is 1. The van der Waals surface area contributed by atoms with Gasteiger partial charge in [-0.3, -0.25) is 4.79 Å². The highest BCUT2D eigenvalue weighted by Crippen LogP contribution is 2.49. The van der Waals surface area contributed by atoms with E-state index in [1.54, 1.807) is 24.3 Å². The molecule has 1 saturated carbocycles. The van der Waals surface area contributed by atoms with Crippen molar-refractivity contribution in [1.82, 2.24) is 0 Å². The number of thiophene rings is 1. The molecule has 1 aliphatic rings. The van der Waals surface area contributed by atoms with Crippen LogP contribution in [0.2, 0.25) is 0 Å². The van der Waals surface area contributed by atoms with Crippen LogP contribution in [0, 0.1) is 23.1 Å². The molecule has 1 aliphatic carbocycles. The largest absolute Gasteiger partial charge is 0.316 e. The van der Waals surface area contributed by atoms with E-state index in [1.807, 2.05) is 30.3 Å². The number of carbonyl (C=O) groups excluding carboxylic acids is 1. The Morgan fingerprint density at radius 1 is 1.15 bits per heavy atom. The summed E-state index contributed by atoms with van der Waals surface area (Å²) in [5.74, 6) is -0.764. The molecule has 0 unspecified atom stereocenters. The van der Waals surface area contributed by atoms with Gasteiger partial charge in [0, 0.05) is 10.8 Å². The Morgan fingerprint density at radius 3 is 2.62 bits per heavy atom. The highest BCUT2D eigenvalue weighted by molar-refractivity contribution is 7.19. The fourth-order valence-electron chi connectivity index (χ4n) is 3.12. The topological polar surface area (TPSA) is 52.9 Å². The summed E-state index contributed by atoms with van der Waals surface area (Å²) in [5.41, 5.74) is 2.04.